The fraction of sp³-hybridized carbons (Fsp3) is 0.111. The van der Waals surface area contributed by atoms with Crippen LogP contribution >= 0.6 is 0 Å². The van der Waals surface area contributed by atoms with Crippen molar-refractivity contribution in [1.29, 1.82) is 0 Å². The fourth-order valence-electron chi connectivity index (χ4n) is 3.12. The van der Waals surface area contributed by atoms with Gasteiger partial charge < -0.3 is 10.0 Å². The number of nitrogens with zero attached hydrogens (tertiary/aromatic N) is 3. The van der Waals surface area contributed by atoms with E-state index in [9.17, 15) is 20.0 Å². The van der Waals surface area contributed by atoms with Crippen molar-refractivity contribution in [2.75, 3.05) is 11.4 Å². The SMILES string of the molecule is O=C(c1cc2ncccc2cc1O)N1CCc2ccc([N+](=O)[O-])cc21. The van der Waals surface area contributed by atoms with E-state index in [1.165, 1.54) is 23.1 Å². The lowest BCUT2D eigenvalue weighted by Gasteiger charge is -2.18. The predicted octanol–water partition coefficient (Wildman–Crippen LogP) is 3.05. The topological polar surface area (TPSA) is 96.6 Å². The van der Waals surface area contributed by atoms with Gasteiger partial charge in [0.2, 0.25) is 0 Å². The molecule has 7 heteroatoms. The molecule has 1 N–H and O–H groups in total. The van der Waals surface area contributed by atoms with Gasteiger partial charge in [-0.15, -0.1) is 0 Å². The smallest absolute Gasteiger partial charge is 0.271 e. The second kappa shape index (κ2) is 5.55. The van der Waals surface area contributed by atoms with E-state index < -0.39 is 10.8 Å². The number of nitro benzene ring substituents is 1. The van der Waals surface area contributed by atoms with Crippen LogP contribution in [-0.4, -0.2) is 27.5 Å². The second-order valence-corrected chi connectivity index (χ2v) is 5.84. The summed E-state index contributed by atoms with van der Waals surface area (Å²) in [6, 6.07) is 11.1. The van der Waals surface area contributed by atoms with Crippen LogP contribution in [0.15, 0.2) is 48.7 Å². The zero-order valence-electron chi connectivity index (χ0n) is 13.0. The van der Waals surface area contributed by atoms with E-state index >= 15 is 0 Å². The van der Waals surface area contributed by atoms with Gasteiger partial charge in [-0.25, -0.2) is 0 Å². The number of aromatic hydroxyl groups is 1. The van der Waals surface area contributed by atoms with Gasteiger partial charge in [0.15, 0.2) is 0 Å². The Bertz CT molecular complexity index is 1030. The van der Waals surface area contributed by atoms with Gasteiger partial charge in [0.25, 0.3) is 11.6 Å². The molecule has 2 heterocycles. The molecule has 0 bridgehead atoms. The molecule has 25 heavy (non-hydrogen) atoms. The van der Waals surface area contributed by atoms with Gasteiger partial charge in [-0.2, -0.15) is 0 Å². The van der Waals surface area contributed by atoms with Crippen LogP contribution in [0.1, 0.15) is 15.9 Å². The number of benzene rings is 2. The van der Waals surface area contributed by atoms with Crippen LogP contribution in [0.5, 0.6) is 5.75 Å². The van der Waals surface area contributed by atoms with E-state index in [2.05, 4.69) is 4.98 Å². The number of hydrogen-bond donors (Lipinski definition) is 1. The molecule has 0 saturated carbocycles. The molecule has 3 aromatic rings. The normalized spacial score (nSPS) is 13.0. The van der Waals surface area contributed by atoms with Gasteiger partial charge in [0.05, 0.1) is 21.7 Å². The summed E-state index contributed by atoms with van der Waals surface area (Å²) in [6.45, 7) is 0.412. The summed E-state index contributed by atoms with van der Waals surface area (Å²) in [7, 11) is 0. The minimum Gasteiger partial charge on any atom is -0.507 e. The Hall–Kier alpha value is -3.48. The lowest BCUT2D eigenvalue weighted by atomic mass is 10.1. The van der Waals surface area contributed by atoms with Crippen LogP contribution in [-0.2, 0) is 6.42 Å². The molecule has 0 aliphatic carbocycles. The van der Waals surface area contributed by atoms with Gasteiger partial charge >= 0.3 is 0 Å². The van der Waals surface area contributed by atoms with Crippen molar-refractivity contribution in [3.63, 3.8) is 0 Å². The molecule has 2 aromatic carbocycles. The second-order valence-electron chi connectivity index (χ2n) is 5.84. The average molecular weight is 335 g/mol. The zero-order chi connectivity index (χ0) is 17.6. The van der Waals surface area contributed by atoms with Crippen LogP contribution in [0.2, 0.25) is 0 Å². The van der Waals surface area contributed by atoms with Gasteiger partial charge in [0.1, 0.15) is 5.75 Å². The van der Waals surface area contributed by atoms with Crippen LogP contribution in [0.3, 0.4) is 0 Å². The molecule has 1 amide bonds. The van der Waals surface area contributed by atoms with Gasteiger partial charge in [-0.05, 0) is 30.2 Å². The van der Waals surface area contributed by atoms with Gasteiger partial charge in [-0.3, -0.25) is 19.9 Å². The number of rotatable bonds is 2. The van der Waals surface area contributed by atoms with Gasteiger partial charge in [0, 0.05) is 30.3 Å². The number of fused-ring (bicyclic) bond motifs is 2. The first-order valence-electron chi connectivity index (χ1n) is 7.71. The number of phenolic OH excluding ortho intramolecular Hbond substituents is 1. The average Bonchev–Trinajstić information content (AvgIpc) is 3.03. The Kier molecular flexibility index (Phi) is 3.35. The highest BCUT2D eigenvalue weighted by atomic mass is 16.6. The number of non-ortho nitro benzene ring substituents is 1. The number of carbonyl (C=O) groups excluding carboxylic acids is 1. The molecule has 0 fully saturated rings. The van der Waals surface area contributed by atoms with Crippen molar-refractivity contribution in [1.82, 2.24) is 4.98 Å². The number of aromatic nitrogens is 1. The number of nitro groups is 1. The van der Waals surface area contributed by atoms with Crippen molar-refractivity contribution in [3.8, 4) is 5.75 Å². The molecular weight excluding hydrogens is 322 g/mol. The highest BCUT2D eigenvalue weighted by molar-refractivity contribution is 6.10. The van der Waals surface area contributed by atoms with Crippen molar-refractivity contribution in [3.05, 3.63) is 69.9 Å². The van der Waals surface area contributed by atoms with E-state index in [1.54, 1.807) is 30.5 Å². The third kappa shape index (κ3) is 2.46. The minimum atomic E-state index is -0.487. The van der Waals surface area contributed by atoms with Gasteiger partial charge in [-0.1, -0.05) is 12.1 Å². The first-order valence-corrected chi connectivity index (χ1v) is 7.71. The zero-order valence-corrected chi connectivity index (χ0v) is 13.0. The van der Waals surface area contributed by atoms with Crippen molar-refractivity contribution in [2.45, 2.75) is 6.42 Å². The number of amides is 1. The first-order chi connectivity index (χ1) is 12.0. The maximum absolute atomic E-state index is 12.9. The quantitative estimate of drug-likeness (QED) is 0.573. The van der Waals surface area contributed by atoms with E-state index in [1.807, 2.05) is 0 Å². The Morgan fingerprint density at radius 3 is 2.88 bits per heavy atom. The lowest BCUT2D eigenvalue weighted by Crippen LogP contribution is -2.29. The highest BCUT2D eigenvalue weighted by Gasteiger charge is 2.29. The molecule has 0 unspecified atom stereocenters. The van der Waals surface area contributed by atoms with Crippen molar-refractivity contribution >= 4 is 28.2 Å². The Morgan fingerprint density at radius 2 is 2.08 bits per heavy atom. The largest absolute Gasteiger partial charge is 0.507 e. The van der Waals surface area contributed by atoms with Crippen LogP contribution in [0.25, 0.3) is 10.9 Å². The maximum Gasteiger partial charge on any atom is 0.271 e. The first kappa shape index (κ1) is 15.1. The summed E-state index contributed by atoms with van der Waals surface area (Å²) < 4.78 is 0. The summed E-state index contributed by atoms with van der Waals surface area (Å²) in [5.41, 5.74) is 2.05. The van der Waals surface area contributed by atoms with Crippen LogP contribution in [0, 0.1) is 10.1 Å². The molecule has 1 aromatic heterocycles. The molecule has 0 spiro atoms. The predicted molar refractivity (Wildman–Crippen MR) is 91.9 cm³/mol. The summed E-state index contributed by atoms with van der Waals surface area (Å²) in [5.74, 6) is -0.534. The number of pyridine rings is 1. The third-order valence-electron chi connectivity index (χ3n) is 4.37. The molecule has 4 rings (SSSR count). The van der Waals surface area contributed by atoms with E-state index in [-0.39, 0.29) is 17.0 Å². The number of carbonyl (C=O) groups is 1. The molecule has 7 nitrogen and oxygen atoms in total. The monoisotopic (exact) mass is 335 g/mol. The Morgan fingerprint density at radius 1 is 1.24 bits per heavy atom. The molecule has 0 saturated heterocycles. The van der Waals surface area contributed by atoms with Crippen molar-refractivity contribution in [2.24, 2.45) is 0 Å². The highest BCUT2D eigenvalue weighted by Crippen LogP contribution is 2.34. The summed E-state index contributed by atoms with van der Waals surface area (Å²) >= 11 is 0. The summed E-state index contributed by atoms with van der Waals surface area (Å²) in [6.07, 6.45) is 2.23. The standard InChI is InChI=1S/C18H13N3O4/c22-17-8-12-2-1-6-19-15(12)10-14(17)18(23)20-7-5-11-3-4-13(21(24)25)9-16(11)20/h1-4,6,8-10,22H,5,7H2. The third-order valence-corrected chi connectivity index (χ3v) is 4.37. The Balaban J connectivity index is 1.77. The number of hydrogen-bond acceptors (Lipinski definition) is 5. The Labute approximate surface area is 142 Å². The summed E-state index contributed by atoms with van der Waals surface area (Å²) in [4.78, 5) is 29.1. The van der Waals surface area contributed by atoms with E-state index in [4.69, 9.17) is 0 Å². The van der Waals surface area contributed by atoms with E-state index in [0.29, 0.717) is 24.2 Å². The van der Waals surface area contributed by atoms with Crippen LogP contribution in [0.4, 0.5) is 11.4 Å². The molecule has 1 aliphatic heterocycles. The van der Waals surface area contributed by atoms with E-state index in [0.717, 1.165) is 10.9 Å². The maximum atomic E-state index is 12.9. The fourth-order valence-corrected chi connectivity index (χ4v) is 3.12. The number of phenols is 1. The molecular formula is C18H13N3O4. The van der Waals surface area contributed by atoms with Crippen molar-refractivity contribution < 1.29 is 14.8 Å². The molecule has 1 aliphatic rings. The number of anilines is 1. The lowest BCUT2D eigenvalue weighted by molar-refractivity contribution is -0.384. The summed E-state index contributed by atoms with van der Waals surface area (Å²) in [5, 5.41) is 22.0. The molecule has 0 atom stereocenters. The minimum absolute atomic E-state index is 0.0668. The van der Waals surface area contributed by atoms with Crippen LogP contribution < -0.4 is 4.90 Å². The molecule has 0 radical (unpaired) electrons. The molecule has 124 valence electrons.